The molecule has 3 heterocycles. The van der Waals surface area contributed by atoms with Gasteiger partial charge in [-0.15, -0.1) is 0 Å². The largest absolute Gasteiger partial charge is 0.321 e. The van der Waals surface area contributed by atoms with Crippen LogP contribution in [0.15, 0.2) is 6.20 Å². The van der Waals surface area contributed by atoms with Crippen LogP contribution in [-0.4, -0.2) is 33.6 Å². The summed E-state index contributed by atoms with van der Waals surface area (Å²) in [5.41, 5.74) is 0.638. The first-order chi connectivity index (χ1) is 9.49. The van der Waals surface area contributed by atoms with Gasteiger partial charge in [-0.05, 0) is 13.3 Å². The third-order valence-corrected chi connectivity index (χ3v) is 3.66. The average molecular weight is 277 g/mol. The number of hydrogen-bond donors (Lipinski definition) is 1. The van der Waals surface area contributed by atoms with Crippen LogP contribution in [0, 0.1) is 12.7 Å². The lowest BCUT2D eigenvalue weighted by Crippen LogP contribution is -2.52. The molecule has 2 aliphatic heterocycles. The molecular formula is C13H12FN3O3. The smallest absolute Gasteiger partial charge is 0.273 e. The molecule has 3 rings (SSSR count). The van der Waals surface area contributed by atoms with Gasteiger partial charge in [0.25, 0.3) is 5.91 Å². The number of carbonyl (C=O) groups is 3. The minimum Gasteiger partial charge on any atom is -0.321 e. The van der Waals surface area contributed by atoms with E-state index < -0.39 is 23.7 Å². The molecule has 0 saturated carbocycles. The van der Waals surface area contributed by atoms with Gasteiger partial charge in [-0.2, -0.15) is 0 Å². The minimum atomic E-state index is -0.742. The number of fused-ring (bicyclic) bond motifs is 1. The fraction of sp³-hybridized carbons (Fsp3) is 0.385. The van der Waals surface area contributed by atoms with E-state index in [2.05, 4.69) is 10.3 Å². The lowest BCUT2D eigenvalue weighted by atomic mass is 10.0. The summed E-state index contributed by atoms with van der Waals surface area (Å²) in [7, 11) is 0. The summed E-state index contributed by atoms with van der Waals surface area (Å²) in [4.78, 5) is 40.4. The van der Waals surface area contributed by atoms with E-state index in [0.29, 0.717) is 5.56 Å². The Bertz CT molecular complexity index is 644. The highest BCUT2D eigenvalue weighted by molar-refractivity contribution is 6.04. The Kier molecular flexibility index (Phi) is 2.77. The van der Waals surface area contributed by atoms with Crippen molar-refractivity contribution in [1.82, 2.24) is 15.2 Å². The Morgan fingerprint density at radius 3 is 2.85 bits per heavy atom. The van der Waals surface area contributed by atoms with Gasteiger partial charge in [0.2, 0.25) is 11.8 Å². The first-order valence-corrected chi connectivity index (χ1v) is 6.27. The van der Waals surface area contributed by atoms with Crippen LogP contribution < -0.4 is 5.32 Å². The van der Waals surface area contributed by atoms with Crippen LogP contribution >= 0.6 is 0 Å². The summed E-state index contributed by atoms with van der Waals surface area (Å²) in [5.74, 6) is -1.79. The Hall–Kier alpha value is -2.31. The zero-order valence-corrected chi connectivity index (χ0v) is 10.8. The molecule has 1 aromatic rings. The normalized spacial score (nSPS) is 22.0. The number of hydrogen-bond acceptors (Lipinski definition) is 4. The fourth-order valence-electron chi connectivity index (χ4n) is 2.58. The molecule has 0 radical (unpaired) electrons. The lowest BCUT2D eigenvalue weighted by molar-refractivity contribution is -0.136. The standard InChI is InChI=1S/C13H12FN3O3/c1-6-4-15-11-7(10(6)14)5-17(13(11)20)8-2-3-9(18)16-12(8)19/h4,8H,2-3,5H2,1H3,(H,16,18,19). The second kappa shape index (κ2) is 4.36. The number of piperidine rings is 1. The Labute approximate surface area is 114 Å². The number of nitrogens with zero attached hydrogens (tertiary/aromatic N) is 2. The van der Waals surface area contributed by atoms with Crippen molar-refractivity contribution in [3.8, 4) is 0 Å². The number of nitrogens with one attached hydrogen (secondary N) is 1. The molecule has 0 aliphatic carbocycles. The van der Waals surface area contributed by atoms with E-state index in [1.807, 2.05) is 0 Å². The summed E-state index contributed by atoms with van der Waals surface area (Å²) in [6, 6.07) is -0.742. The van der Waals surface area contributed by atoms with E-state index in [1.165, 1.54) is 11.1 Å². The van der Waals surface area contributed by atoms with Crippen molar-refractivity contribution in [2.45, 2.75) is 32.4 Å². The summed E-state index contributed by atoms with van der Waals surface area (Å²) in [5, 5.41) is 2.19. The van der Waals surface area contributed by atoms with Gasteiger partial charge in [0.15, 0.2) is 0 Å². The maximum atomic E-state index is 14.0. The third kappa shape index (κ3) is 1.77. The van der Waals surface area contributed by atoms with Gasteiger partial charge in [0.05, 0.1) is 6.54 Å². The van der Waals surface area contributed by atoms with Crippen LogP contribution in [-0.2, 0) is 16.1 Å². The maximum absolute atomic E-state index is 14.0. The van der Waals surface area contributed by atoms with E-state index in [-0.39, 0.29) is 36.6 Å². The van der Waals surface area contributed by atoms with Crippen molar-refractivity contribution in [2.75, 3.05) is 0 Å². The molecule has 0 aromatic carbocycles. The van der Waals surface area contributed by atoms with E-state index >= 15 is 0 Å². The van der Waals surface area contributed by atoms with Gasteiger partial charge in [0.1, 0.15) is 17.6 Å². The summed E-state index contributed by atoms with van der Waals surface area (Å²) in [6.07, 6.45) is 1.73. The fourth-order valence-corrected chi connectivity index (χ4v) is 2.58. The van der Waals surface area contributed by atoms with Crippen molar-refractivity contribution >= 4 is 17.7 Å². The summed E-state index contributed by atoms with van der Waals surface area (Å²) >= 11 is 0. The molecule has 1 aromatic heterocycles. The monoisotopic (exact) mass is 277 g/mol. The first kappa shape index (κ1) is 12.7. The number of pyridine rings is 1. The Balaban J connectivity index is 1.92. The van der Waals surface area contributed by atoms with E-state index in [4.69, 9.17) is 0 Å². The molecule has 2 aliphatic rings. The number of imide groups is 1. The molecule has 1 unspecified atom stereocenters. The van der Waals surface area contributed by atoms with Crippen molar-refractivity contribution in [1.29, 1.82) is 0 Å². The number of rotatable bonds is 1. The van der Waals surface area contributed by atoms with E-state index in [1.54, 1.807) is 6.92 Å². The highest BCUT2D eigenvalue weighted by atomic mass is 19.1. The third-order valence-electron chi connectivity index (χ3n) is 3.66. The van der Waals surface area contributed by atoms with Crippen LogP contribution in [0.2, 0.25) is 0 Å². The van der Waals surface area contributed by atoms with Gasteiger partial charge in [-0.25, -0.2) is 4.39 Å². The first-order valence-electron chi connectivity index (χ1n) is 6.27. The predicted octanol–water partition coefficient (Wildman–Crippen LogP) is 0.290. The van der Waals surface area contributed by atoms with Crippen molar-refractivity contribution in [3.05, 3.63) is 28.8 Å². The van der Waals surface area contributed by atoms with Gasteiger partial charge in [-0.1, -0.05) is 0 Å². The number of aromatic nitrogens is 1. The van der Waals surface area contributed by atoms with Crippen LogP contribution in [0.3, 0.4) is 0 Å². The number of halogens is 1. The van der Waals surface area contributed by atoms with E-state index in [9.17, 15) is 18.8 Å². The molecule has 20 heavy (non-hydrogen) atoms. The molecule has 6 nitrogen and oxygen atoms in total. The molecule has 1 fully saturated rings. The second-order valence-corrected chi connectivity index (χ2v) is 4.98. The molecule has 7 heteroatoms. The molecule has 0 bridgehead atoms. The Morgan fingerprint density at radius 1 is 1.40 bits per heavy atom. The number of amides is 3. The minimum absolute atomic E-state index is 0.0148. The van der Waals surface area contributed by atoms with Gasteiger partial charge in [0, 0.05) is 23.7 Å². The SMILES string of the molecule is Cc1cnc2c(c1F)CN(C1CCC(=O)NC1=O)C2=O. The number of aryl methyl sites for hydroxylation is 1. The summed E-state index contributed by atoms with van der Waals surface area (Å²) < 4.78 is 14.0. The van der Waals surface area contributed by atoms with Gasteiger partial charge >= 0.3 is 0 Å². The van der Waals surface area contributed by atoms with E-state index in [0.717, 1.165) is 0 Å². The molecule has 0 spiro atoms. The molecule has 1 saturated heterocycles. The second-order valence-electron chi connectivity index (χ2n) is 4.98. The molecule has 1 atom stereocenters. The predicted molar refractivity (Wildman–Crippen MR) is 65.0 cm³/mol. The highest BCUT2D eigenvalue weighted by Crippen LogP contribution is 2.28. The molecule has 1 N–H and O–H groups in total. The van der Waals surface area contributed by atoms with Crippen molar-refractivity contribution in [2.24, 2.45) is 0 Å². The quantitative estimate of drug-likeness (QED) is 0.748. The maximum Gasteiger partial charge on any atom is 0.273 e. The van der Waals surface area contributed by atoms with Crippen LogP contribution in [0.5, 0.6) is 0 Å². The molecule has 3 amide bonds. The number of carbonyl (C=O) groups excluding carboxylic acids is 3. The molecule has 104 valence electrons. The zero-order valence-electron chi connectivity index (χ0n) is 10.8. The van der Waals surface area contributed by atoms with Crippen LogP contribution in [0.1, 0.15) is 34.5 Å². The lowest BCUT2D eigenvalue weighted by Gasteiger charge is -2.29. The Morgan fingerprint density at radius 2 is 2.15 bits per heavy atom. The van der Waals surface area contributed by atoms with Crippen molar-refractivity contribution in [3.63, 3.8) is 0 Å². The van der Waals surface area contributed by atoms with Crippen LogP contribution in [0.25, 0.3) is 0 Å². The molecular weight excluding hydrogens is 265 g/mol. The van der Waals surface area contributed by atoms with Crippen LogP contribution in [0.4, 0.5) is 4.39 Å². The summed E-state index contributed by atoms with van der Waals surface area (Å²) in [6.45, 7) is 1.59. The zero-order chi connectivity index (χ0) is 14.4. The van der Waals surface area contributed by atoms with Gasteiger partial charge < -0.3 is 4.90 Å². The average Bonchev–Trinajstić information content (AvgIpc) is 2.72. The highest BCUT2D eigenvalue weighted by Gasteiger charge is 2.41. The van der Waals surface area contributed by atoms with Crippen molar-refractivity contribution < 1.29 is 18.8 Å². The van der Waals surface area contributed by atoms with Gasteiger partial charge in [-0.3, -0.25) is 24.7 Å². The topological polar surface area (TPSA) is 79.4 Å².